The number of rotatable bonds is 4. The van der Waals surface area contributed by atoms with Crippen molar-refractivity contribution in [2.45, 2.75) is 6.42 Å². The second-order valence-corrected chi connectivity index (χ2v) is 5.16. The lowest BCUT2D eigenvalue weighted by Crippen LogP contribution is -2.15. The van der Waals surface area contributed by atoms with Gasteiger partial charge in [0.15, 0.2) is 5.78 Å². The minimum atomic E-state index is -1.14. The first kappa shape index (κ1) is 15.5. The third kappa shape index (κ3) is 3.05. The van der Waals surface area contributed by atoms with E-state index >= 15 is 0 Å². The van der Waals surface area contributed by atoms with Gasteiger partial charge in [0, 0.05) is 5.56 Å². The molecule has 0 spiro atoms. The van der Waals surface area contributed by atoms with Gasteiger partial charge in [0.2, 0.25) is 0 Å². The molecule has 0 radical (unpaired) electrons. The highest BCUT2D eigenvalue weighted by Gasteiger charge is 2.12. The van der Waals surface area contributed by atoms with Gasteiger partial charge in [-0.25, -0.2) is 14.2 Å². The second kappa shape index (κ2) is 6.04. The van der Waals surface area contributed by atoms with Crippen LogP contribution in [0.3, 0.4) is 0 Å². The van der Waals surface area contributed by atoms with Gasteiger partial charge in [-0.05, 0) is 42.5 Å². The Kier molecular flexibility index (Phi) is 3.91. The molecule has 0 atom stereocenters. The SMILES string of the molecule is O=C(O)c1ccc2c(=O)[nH]c(CC(=O)c3ccc(F)cc3)nc2c1. The van der Waals surface area contributed by atoms with Gasteiger partial charge in [-0.3, -0.25) is 9.59 Å². The van der Waals surface area contributed by atoms with Gasteiger partial charge < -0.3 is 10.1 Å². The zero-order valence-electron chi connectivity index (χ0n) is 12.2. The molecule has 0 aliphatic heterocycles. The van der Waals surface area contributed by atoms with E-state index in [4.69, 9.17) is 5.11 Å². The van der Waals surface area contributed by atoms with Crippen LogP contribution in [0.4, 0.5) is 4.39 Å². The number of halogens is 1. The number of fused-ring (bicyclic) bond motifs is 1. The van der Waals surface area contributed by atoms with Crippen molar-refractivity contribution in [3.63, 3.8) is 0 Å². The molecule has 1 aromatic heterocycles. The van der Waals surface area contributed by atoms with Crippen LogP contribution in [0.1, 0.15) is 26.5 Å². The fourth-order valence-electron chi connectivity index (χ4n) is 2.29. The maximum absolute atomic E-state index is 12.9. The Morgan fingerprint density at radius 2 is 1.75 bits per heavy atom. The predicted octanol–water partition coefficient (Wildman–Crippen LogP) is 2.19. The van der Waals surface area contributed by atoms with Gasteiger partial charge >= 0.3 is 5.97 Å². The minimum absolute atomic E-state index is 0.00332. The van der Waals surface area contributed by atoms with Crippen LogP contribution < -0.4 is 5.56 Å². The number of H-pyrrole nitrogens is 1. The molecule has 2 aromatic carbocycles. The summed E-state index contributed by atoms with van der Waals surface area (Å²) in [5, 5.41) is 9.24. The van der Waals surface area contributed by atoms with Crippen LogP contribution in [-0.2, 0) is 6.42 Å². The van der Waals surface area contributed by atoms with Gasteiger partial charge in [-0.1, -0.05) is 0 Å². The van der Waals surface area contributed by atoms with Crippen LogP contribution in [0.25, 0.3) is 10.9 Å². The van der Waals surface area contributed by atoms with E-state index < -0.39 is 17.3 Å². The topological polar surface area (TPSA) is 100 Å². The monoisotopic (exact) mass is 326 g/mol. The molecular weight excluding hydrogens is 315 g/mol. The minimum Gasteiger partial charge on any atom is -0.478 e. The van der Waals surface area contributed by atoms with Gasteiger partial charge in [-0.15, -0.1) is 0 Å². The van der Waals surface area contributed by atoms with Crippen LogP contribution in [0, 0.1) is 5.82 Å². The Bertz CT molecular complexity index is 1010. The van der Waals surface area contributed by atoms with E-state index in [9.17, 15) is 18.8 Å². The third-order valence-electron chi connectivity index (χ3n) is 3.50. The summed E-state index contributed by atoms with van der Waals surface area (Å²) in [7, 11) is 0. The summed E-state index contributed by atoms with van der Waals surface area (Å²) in [4.78, 5) is 41.9. The van der Waals surface area contributed by atoms with Crippen molar-refractivity contribution in [2.24, 2.45) is 0 Å². The third-order valence-corrected chi connectivity index (χ3v) is 3.50. The number of Topliss-reactive ketones (excluding diaryl/α,β-unsaturated/α-hetero) is 1. The van der Waals surface area contributed by atoms with E-state index in [-0.39, 0.29) is 34.5 Å². The van der Waals surface area contributed by atoms with E-state index in [1.54, 1.807) is 0 Å². The van der Waals surface area contributed by atoms with Crippen molar-refractivity contribution in [2.75, 3.05) is 0 Å². The van der Waals surface area contributed by atoms with Crippen molar-refractivity contribution < 1.29 is 19.1 Å². The molecule has 120 valence electrons. The molecule has 6 nitrogen and oxygen atoms in total. The Labute approximate surface area is 134 Å². The summed E-state index contributed by atoms with van der Waals surface area (Å²) < 4.78 is 12.9. The van der Waals surface area contributed by atoms with Crippen LogP contribution >= 0.6 is 0 Å². The smallest absolute Gasteiger partial charge is 0.335 e. The standard InChI is InChI=1S/C17H11FN2O4/c18-11-4-1-9(2-5-11)14(21)8-15-19-13-7-10(17(23)24)3-6-12(13)16(22)20-15/h1-7H,8H2,(H,23,24)(H,19,20,22). The highest BCUT2D eigenvalue weighted by molar-refractivity contribution is 5.97. The molecule has 0 amide bonds. The molecule has 0 saturated carbocycles. The Hall–Kier alpha value is -3.35. The summed E-state index contributed by atoms with van der Waals surface area (Å²) in [6.45, 7) is 0. The lowest BCUT2D eigenvalue weighted by molar-refractivity contribution is 0.0696. The van der Waals surface area contributed by atoms with E-state index in [1.165, 1.54) is 42.5 Å². The van der Waals surface area contributed by atoms with E-state index in [0.717, 1.165) is 0 Å². The predicted molar refractivity (Wildman–Crippen MR) is 83.8 cm³/mol. The summed E-state index contributed by atoms with van der Waals surface area (Å²) in [6, 6.07) is 8.99. The Morgan fingerprint density at radius 1 is 1.08 bits per heavy atom. The maximum Gasteiger partial charge on any atom is 0.335 e. The van der Waals surface area contributed by atoms with Crippen molar-refractivity contribution >= 4 is 22.7 Å². The molecule has 0 bridgehead atoms. The largest absolute Gasteiger partial charge is 0.478 e. The van der Waals surface area contributed by atoms with E-state index in [1.807, 2.05) is 0 Å². The molecule has 0 saturated heterocycles. The van der Waals surface area contributed by atoms with E-state index in [0.29, 0.717) is 5.56 Å². The zero-order valence-corrected chi connectivity index (χ0v) is 12.2. The summed E-state index contributed by atoms with van der Waals surface area (Å²) >= 11 is 0. The number of nitrogens with zero attached hydrogens (tertiary/aromatic N) is 1. The molecule has 0 aliphatic carbocycles. The normalized spacial score (nSPS) is 10.7. The molecule has 3 aromatic rings. The number of aromatic nitrogens is 2. The Morgan fingerprint density at radius 3 is 2.42 bits per heavy atom. The first-order chi connectivity index (χ1) is 11.4. The lowest BCUT2D eigenvalue weighted by Gasteiger charge is -2.04. The molecule has 7 heteroatoms. The maximum atomic E-state index is 12.9. The van der Waals surface area contributed by atoms with E-state index in [2.05, 4.69) is 9.97 Å². The molecule has 0 unspecified atom stereocenters. The first-order valence-electron chi connectivity index (χ1n) is 6.99. The van der Waals surface area contributed by atoms with Crippen molar-refractivity contribution in [1.29, 1.82) is 0 Å². The summed E-state index contributed by atoms with van der Waals surface area (Å²) in [5.74, 6) is -1.82. The quantitative estimate of drug-likeness (QED) is 0.716. The van der Waals surface area contributed by atoms with Crippen molar-refractivity contribution in [3.8, 4) is 0 Å². The number of benzene rings is 2. The fraction of sp³-hybridized carbons (Fsp3) is 0.0588. The molecule has 0 fully saturated rings. The number of carboxylic acid groups (broad SMARTS) is 1. The van der Waals surface area contributed by atoms with Gasteiger partial charge in [0.1, 0.15) is 11.6 Å². The highest BCUT2D eigenvalue weighted by Crippen LogP contribution is 2.12. The number of aromatic carboxylic acids is 1. The van der Waals surface area contributed by atoms with Gasteiger partial charge in [0.05, 0.1) is 22.9 Å². The van der Waals surface area contributed by atoms with Crippen LogP contribution in [0.2, 0.25) is 0 Å². The first-order valence-corrected chi connectivity index (χ1v) is 6.99. The number of aromatic amines is 1. The summed E-state index contributed by atoms with van der Waals surface area (Å²) in [6.07, 6.45) is -0.186. The summed E-state index contributed by atoms with van der Waals surface area (Å²) in [5.41, 5.74) is 0.0224. The Balaban J connectivity index is 1.97. The van der Waals surface area contributed by atoms with Crippen LogP contribution in [0.15, 0.2) is 47.3 Å². The van der Waals surface area contributed by atoms with Gasteiger partial charge in [0.25, 0.3) is 5.56 Å². The number of carbonyl (C=O) groups is 2. The van der Waals surface area contributed by atoms with Crippen molar-refractivity contribution in [1.82, 2.24) is 9.97 Å². The number of nitrogens with one attached hydrogen (secondary N) is 1. The molecule has 0 aliphatic rings. The number of ketones is 1. The lowest BCUT2D eigenvalue weighted by atomic mass is 10.1. The zero-order chi connectivity index (χ0) is 17.3. The number of hydrogen-bond acceptors (Lipinski definition) is 4. The van der Waals surface area contributed by atoms with Crippen LogP contribution in [0.5, 0.6) is 0 Å². The molecular formula is C17H11FN2O4. The van der Waals surface area contributed by atoms with Crippen molar-refractivity contribution in [3.05, 3.63) is 75.6 Å². The molecule has 1 heterocycles. The second-order valence-electron chi connectivity index (χ2n) is 5.16. The van der Waals surface area contributed by atoms with Gasteiger partial charge in [-0.2, -0.15) is 0 Å². The fourth-order valence-corrected chi connectivity index (χ4v) is 2.29. The molecule has 2 N–H and O–H groups in total. The molecule has 24 heavy (non-hydrogen) atoms. The number of carbonyl (C=O) groups excluding carboxylic acids is 1. The number of hydrogen-bond donors (Lipinski definition) is 2. The average Bonchev–Trinajstić information content (AvgIpc) is 2.54. The van der Waals surface area contributed by atoms with Crippen LogP contribution in [-0.4, -0.2) is 26.8 Å². The highest BCUT2D eigenvalue weighted by atomic mass is 19.1. The molecule has 3 rings (SSSR count). The average molecular weight is 326 g/mol. The number of carboxylic acids is 1.